The Morgan fingerprint density at radius 3 is 2.15 bits per heavy atom. The van der Waals surface area contributed by atoms with Gasteiger partial charge in [-0.25, -0.2) is 18.2 Å². The minimum absolute atomic E-state index is 0.00300. The fraction of sp³-hybridized carbons (Fsp3) is 0.356. The van der Waals surface area contributed by atoms with Crippen molar-refractivity contribution in [2.75, 3.05) is 91.8 Å². The number of rotatable bonds is 12. The number of aromatic amines is 1. The standard InChI is InChI=1S/C45H47F3N10O6S/c46-30-13-14-58(26-30)65(63,64)53-37-10-9-36(47)41(42(37)48)43(61)35-25-50-44-34(35)23-29(24-49-44)28-1-5-32(6-2-28)56-19-21-57(22-20-56)40(60)27-54-15-17-55(18-16-54)33-7-3-31(4-8-33)51-38-11-12-39(59)52-45(38)62/h1-10,23-25,30,38,51,53H,11-22,26-27H2,(H,49,50)(H,52,59,62). The third-order valence-corrected chi connectivity index (χ3v) is 14.0. The SMILES string of the molecule is O=C1CCC(Nc2ccc(N3CCN(CC(=O)N4CCN(c5ccc(-c6cnc7[nH]cc(C(=O)c8c(F)ccc(NS(=O)(=O)N9CCC(F)C9)c8F)c7c6)cc5)CC4)CC3)cc2)C(=O)N1. The third kappa shape index (κ3) is 9.36. The quantitative estimate of drug-likeness (QED) is 0.104. The van der Waals surface area contributed by atoms with Crippen LogP contribution in [-0.4, -0.2) is 140 Å². The molecule has 4 aliphatic heterocycles. The molecule has 340 valence electrons. The lowest BCUT2D eigenvalue weighted by Crippen LogP contribution is -2.54. The number of carbonyl (C=O) groups is 4. The van der Waals surface area contributed by atoms with E-state index in [2.05, 4.69) is 35.3 Å². The maximum Gasteiger partial charge on any atom is 0.301 e. The maximum absolute atomic E-state index is 15.7. The van der Waals surface area contributed by atoms with Gasteiger partial charge in [-0.1, -0.05) is 12.1 Å². The number of pyridine rings is 1. The van der Waals surface area contributed by atoms with Crippen molar-refractivity contribution in [3.8, 4) is 11.1 Å². The first-order valence-electron chi connectivity index (χ1n) is 21.5. The number of alkyl halides is 1. The minimum atomic E-state index is -4.36. The maximum atomic E-state index is 15.7. The van der Waals surface area contributed by atoms with Crippen molar-refractivity contribution in [1.29, 1.82) is 0 Å². The highest BCUT2D eigenvalue weighted by atomic mass is 32.2. The Labute approximate surface area is 372 Å². The molecule has 4 aliphatic rings. The van der Waals surface area contributed by atoms with Crippen LogP contribution in [-0.2, 0) is 24.6 Å². The van der Waals surface area contributed by atoms with Crippen LogP contribution in [0.1, 0.15) is 35.2 Å². The van der Waals surface area contributed by atoms with E-state index in [0.29, 0.717) is 62.2 Å². The van der Waals surface area contributed by atoms with E-state index in [4.69, 9.17) is 0 Å². The van der Waals surface area contributed by atoms with E-state index in [0.717, 1.165) is 65.2 Å². The molecule has 5 aromatic rings. The number of nitrogens with zero attached hydrogens (tertiary/aromatic N) is 6. The molecule has 20 heteroatoms. The summed E-state index contributed by atoms with van der Waals surface area (Å²) in [6, 6.07) is 18.6. The van der Waals surface area contributed by atoms with Crippen molar-refractivity contribution >= 4 is 67.5 Å². The monoisotopic (exact) mass is 912 g/mol. The van der Waals surface area contributed by atoms with Crippen LogP contribution >= 0.6 is 0 Å². The fourth-order valence-corrected chi connectivity index (χ4v) is 10.0. The van der Waals surface area contributed by atoms with E-state index in [1.165, 1.54) is 6.20 Å². The lowest BCUT2D eigenvalue weighted by atomic mass is 9.99. The van der Waals surface area contributed by atoms with Gasteiger partial charge in [-0.3, -0.25) is 34.1 Å². The van der Waals surface area contributed by atoms with Crippen molar-refractivity contribution < 1.29 is 40.8 Å². The zero-order valence-electron chi connectivity index (χ0n) is 35.2. The second-order valence-electron chi connectivity index (χ2n) is 16.7. The molecule has 4 fully saturated rings. The molecule has 3 amide bonds. The van der Waals surface area contributed by atoms with Gasteiger partial charge in [0, 0.05) is 118 Å². The molecule has 2 aromatic heterocycles. The third-order valence-electron chi connectivity index (χ3n) is 12.5. The smallest absolute Gasteiger partial charge is 0.301 e. The van der Waals surface area contributed by atoms with Gasteiger partial charge in [-0.2, -0.15) is 12.7 Å². The molecule has 2 unspecified atom stereocenters. The minimum Gasteiger partial charge on any atom is -0.374 e. The predicted molar refractivity (Wildman–Crippen MR) is 239 cm³/mol. The molecule has 4 N–H and O–H groups in total. The Morgan fingerprint density at radius 1 is 0.815 bits per heavy atom. The number of hydrogen-bond donors (Lipinski definition) is 4. The molecule has 0 aliphatic carbocycles. The van der Waals surface area contributed by atoms with E-state index in [1.54, 1.807) is 12.3 Å². The number of imide groups is 1. The number of anilines is 4. The van der Waals surface area contributed by atoms with Crippen molar-refractivity contribution in [3.05, 3.63) is 102 Å². The van der Waals surface area contributed by atoms with E-state index in [9.17, 15) is 32.0 Å². The average Bonchev–Trinajstić information content (AvgIpc) is 3.96. The number of carbonyl (C=O) groups excluding carboxylic acids is 4. The van der Waals surface area contributed by atoms with Gasteiger partial charge in [0.2, 0.25) is 23.5 Å². The van der Waals surface area contributed by atoms with Gasteiger partial charge in [-0.15, -0.1) is 0 Å². The first-order valence-corrected chi connectivity index (χ1v) is 23.0. The van der Waals surface area contributed by atoms with E-state index in [-0.39, 0.29) is 36.3 Å². The summed E-state index contributed by atoms with van der Waals surface area (Å²) in [5.41, 5.74) is 2.92. The summed E-state index contributed by atoms with van der Waals surface area (Å²) in [6.07, 6.45) is 2.33. The lowest BCUT2D eigenvalue weighted by Gasteiger charge is -2.39. The fourth-order valence-electron chi connectivity index (χ4n) is 8.77. The number of nitrogens with one attached hydrogen (secondary N) is 4. The average molecular weight is 913 g/mol. The number of piperidine rings is 1. The van der Waals surface area contributed by atoms with E-state index < -0.39 is 57.6 Å². The van der Waals surface area contributed by atoms with Gasteiger partial charge < -0.3 is 25.0 Å². The van der Waals surface area contributed by atoms with Gasteiger partial charge in [0.15, 0.2) is 5.82 Å². The summed E-state index contributed by atoms with van der Waals surface area (Å²) in [5, 5.41) is 5.88. The molecule has 0 bridgehead atoms. The Balaban J connectivity index is 0.772. The highest BCUT2D eigenvalue weighted by molar-refractivity contribution is 7.90. The van der Waals surface area contributed by atoms with Crippen molar-refractivity contribution in [2.45, 2.75) is 31.5 Å². The van der Waals surface area contributed by atoms with Gasteiger partial charge in [-0.05, 0) is 73.0 Å². The van der Waals surface area contributed by atoms with Crippen LogP contribution in [0.25, 0.3) is 22.2 Å². The molecule has 9 rings (SSSR count). The number of aromatic nitrogens is 2. The number of amides is 3. The molecule has 16 nitrogen and oxygen atoms in total. The van der Waals surface area contributed by atoms with Crippen LogP contribution in [0, 0.1) is 11.6 Å². The molecule has 0 saturated carbocycles. The zero-order valence-corrected chi connectivity index (χ0v) is 36.1. The highest BCUT2D eigenvalue weighted by Crippen LogP contribution is 2.32. The first kappa shape index (κ1) is 43.7. The number of benzene rings is 3. The van der Waals surface area contributed by atoms with Crippen LogP contribution < -0.4 is 25.2 Å². The molecular weight excluding hydrogens is 866 g/mol. The predicted octanol–water partition coefficient (Wildman–Crippen LogP) is 4.13. The number of fused-ring (bicyclic) bond motifs is 1. The van der Waals surface area contributed by atoms with Crippen molar-refractivity contribution in [2.24, 2.45) is 0 Å². The summed E-state index contributed by atoms with van der Waals surface area (Å²) in [6.45, 7) is 5.38. The summed E-state index contributed by atoms with van der Waals surface area (Å²) in [5.74, 6) is -4.05. The van der Waals surface area contributed by atoms with Crippen LogP contribution in [0.2, 0.25) is 0 Å². The molecule has 2 atom stereocenters. The normalized spacial score (nSPS) is 20.0. The Hall–Kier alpha value is -6.51. The number of halogens is 3. The van der Waals surface area contributed by atoms with Gasteiger partial charge in [0.05, 0.1) is 17.8 Å². The molecule has 3 aromatic carbocycles. The second-order valence-corrected chi connectivity index (χ2v) is 18.3. The van der Waals surface area contributed by atoms with Crippen molar-refractivity contribution in [3.63, 3.8) is 0 Å². The summed E-state index contributed by atoms with van der Waals surface area (Å²) in [7, 11) is -4.36. The van der Waals surface area contributed by atoms with Crippen LogP contribution in [0.3, 0.4) is 0 Å². The van der Waals surface area contributed by atoms with E-state index in [1.807, 2.05) is 58.2 Å². The van der Waals surface area contributed by atoms with Crippen LogP contribution in [0.4, 0.5) is 35.9 Å². The van der Waals surface area contributed by atoms with Gasteiger partial charge in [0.1, 0.15) is 23.7 Å². The number of hydrogen-bond acceptors (Lipinski definition) is 11. The summed E-state index contributed by atoms with van der Waals surface area (Å²) in [4.78, 5) is 66.6. The van der Waals surface area contributed by atoms with Crippen LogP contribution in [0.15, 0.2) is 79.1 Å². The zero-order chi connectivity index (χ0) is 45.4. The molecular formula is C45H47F3N10O6S. The molecule has 65 heavy (non-hydrogen) atoms. The number of piperazine rings is 2. The summed E-state index contributed by atoms with van der Waals surface area (Å²) >= 11 is 0. The summed E-state index contributed by atoms with van der Waals surface area (Å²) < 4.78 is 73.0. The molecule has 6 heterocycles. The number of H-pyrrole nitrogens is 1. The Morgan fingerprint density at radius 2 is 1.49 bits per heavy atom. The van der Waals surface area contributed by atoms with Crippen LogP contribution in [0.5, 0.6) is 0 Å². The molecule has 0 radical (unpaired) electrons. The second kappa shape index (κ2) is 18.2. The topological polar surface area (TPSA) is 183 Å². The highest BCUT2D eigenvalue weighted by Gasteiger charge is 2.34. The van der Waals surface area contributed by atoms with Gasteiger partial charge >= 0.3 is 10.2 Å². The lowest BCUT2D eigenvalue weighted by molar-refractivity contribution is -0.134. The Kier molecular flexibility index (Phi) is 12.2. The Bertz CT molecular complexity index is 2740. The van der Waals surface area contributed by atoms with E-state index >= 15 is 8.78 Å². The largest absolute Gasteiger partial charge is 0.374 e. The molecule has 4 saturated heterocycles. The number of ketones is 1. The first-order chi connectivity index (χ1) is 31.3. The van der Waals surface area contributed by atoms with Gasteiger partial charge in [0.25, 0.3) is 0 Å². The molecule has 0 spiro atoms. The van der Waals surface area contributed by atoms with Crippen molar-refractivity contribution in [1.82, 2.24) is 29.4 Å².